The zero-order valence-corrected chi connectivity index (χ0v) is 14.8. The van der Waals surface area contributed by atoms with Gasteiger partial charge in [0.05, 0.1) is 12.7 Å². The second-order valence-electron chi connectivity index (χ2n) is 8.64. The molecule has 2 unspecified atom stereocenters. The molecule has 0 saturated heterocycles. The molecule has 0 amide bonds. The van der Waals surface area contributed by atoms with Crippen LogP contribution in [0, 0.1) is 29.6 Å². The maximum absolute atomic E-state index is 6.22. The SMILES string of the molecule is CC1CCC(COC2C=CC(C3CCC(C)CC3)CC2)CC1. The van der Waals surface area contributed by atoms with Gasteiger partial charge in [0, 0.05) is 0 Å². The molecule has 3 rings (SSSR count). The summed E-state index contributed by atoms with van der Waals surface area (Å²) in [5.41, 5.74) is 0. The summed E-state index contributed by atoms with van der Waals surface area (Å²) in [5, 5.41) is 0. The lowest BCUT2D eigenvalue weighted by atomic mass is 9.73. The van der Waals surface area contributed by atoms with Crippen molar-refractivity contribution in [2.24, 2.45) is 29.6 Å². The Morgan fingerprint density at radius 3 is 1.95 bits per heavy atom. The van der Waals surface area contributed by atoms with E-state index in [2.05, 4.69) is 26.0 Å². The average molecular weight is 305 g/mol. The lowest BCUT2D eigenvalue weighted by Crippen LogP contribution is -2.26. The van der Waals surface area contributed by atoms with Gasteiger partial charge < -0.3 is 4.74 Å². The zero-order valence-electron chi connectivity index (χ0n) is 14.8. The molecule has 0 bridgehead atoms. The molecule has 126 valence electrons. The summed E-state index contributed by atoms with van der Waals surface area (Å²) in [4.78, 5) is 0. The van der Waals surface area contributed by atoms with Crippen LogP contribution < -0.4 is 0 Å². The van der Waals surface area contributed by atoms with E-state index in [1.54, 1.807) is 0 Å². The molecule has 2 saturated carbocycles. The second-order valence-corrected chi connectivity index (χ2v) is 8.64. The number of hydrogen-bond donors (Lipinski definition) is 0. The largest absolute Gasteiger partial charge is 0.374 e. The predicted molar refractivity (Wildman–Crippen MR) is 93.8 cm³/mol. The van der Waals surface area contributed by atoms with Crippen LogP contribution in [0.4, 0.5) is 0 Å². The first-order valence-electron chi connectivity index (χ1n) is 10.0. The second kappa shape index (κ2) is 7.99. The highest BCUT2D eigenvalue weighted by molar-refractivity contribution is 5.01. The Morgan fingerprint density at radius 1 is 0.727 bits per heavy atom. The van der Waals surface area contributed by atoms with E-state index < -0.39 is 0 Å². The number of rotatable bonds is 4. The van der Waals surface area contributed by atoms with Gasteiger partial charge >= 0.3 is 0 Å². The summed E-state index contributed by atoms with van der Waals surface area (Å²) < 4.78 is 6.22. The Balaban J connectivity index is 1.38. The normalized spacial score (nSPS) is 43.2. The lowest BCUT2D eigenvalue weighted by molar-refractivity contribution is 0.0300. The fourth-order valence-electron chi connectivity index (χ4n) is 4.82. The van der Waals surface area contributed by atoms with Gasteiger partial charge in [-0.05, 0) is 68.1 Å². The third-order valence-corrected chi connectivity index (χ3v) is 6.70. The van der Waals surface area contributed by atoms with Gasteiger partial charge in [0.25, 0.3) is 0 Å². The monoisotopic (exact) mass is 304 g/mol. The third kappa shape index (κ3) is 4.60. The van der Waals surface area contributed by atoms with Crippen LogP contribution >= 0.6 is 0 Å². The van der Waals surface area contributed by atoms with Gasteiger partial charge in [-0.25, -0.2) is 0 Å². The molecule has 3 aliphatic carbocycles. The van der Waals surface area contributed by atoms with Gasteiger partial charge in [-0.2, -0.15) is 0 Å². The molecule has 1 heteroatoms. The smallest absolute Gasteiger partial charge is 0.0756 e. The molecule has 0 spiro atoms. The molecular formula is C21H36O. The topological polar surface area (TPSA) is 9.23 Å². The van der Waals surface area contributed by atoms with Crippen LogP contribution in [-0.4, -0.2) is 12.7 Å². The Kier molecular flexibility index (Phi) is 6.02. The van der Waals surface area contributed by atoms with Crippen LogP contribution in [0.15, 0.2) is 12.2 Å². The number of allylic oxidation sites excluding steroid dienone is 1. The Bertz CT molecular complexity index is 345. The molecule has 0 aliphatic heterocycles. The van der Waals surface area contributed by atoms with E-state index in [0.717, 1.165) is 36.2 Å². The zero-order chi connectivity index (χ0) is 15.4. The van der Waals surface area contributed by atoms with Crippen LogP contribution in [0.5, 0.6) is 0 Å². The molecule has 0 aromatic rings. The molecule has 3 aliphatic rings. The summed E-state index contributed by atoms with van der Waals surface area (Å²) in [5.74, 6) is 4.57. The van der Waals surface area contributed by atoms with Crippen LogP contribution in [0.25, 0.3) is 0 Å². The quantitative estimate of drug-likeness (QED) is 0.580. The van der Waals surface area contributed by atoms with Crippen LogP contribution in [0.1, 0.15) is 78.1 Å². The van der Waals surface area contributed by atoms with E-state index in [4.69, 9.17) is 4.74 Å². The van der Waals surface area contributed by atoms with Crippen molar-refractivity contribution in [1.82, 2.24) is 0 Å². The minimum atomic E-state index is 0.415. The molecule has 0 N–H and O–H groups in total. The highest BCUT2D eigenvalue weighted by Gasteiger charge is 2.27. The third-order valence-electron chi connectivity index (χ3n) is 6.70. The maximum Gasteiger partial charge on any atom is 0.0756 e. The van der Waals surface area contributed by atoms with Crippen molar-refractivity contribution in [3.63, 3.8) is 0 Å². The fraction of sp³-hybridized carbons (Fsp3) is 0.905. The summed E-state index contributed by atoms with van der Waals surface area (Å²) in [6, 6.07) is 0. The summed E-state index contributed by atoms with van der Waals surface area (Å²) in [6.45, 7) is 5.82. The van der Waals surface area contributed by atoms with Crippen molar-refractivity contribution in [1.29, 1.82) is 0 Å². The molecule has 0 aromatic carbocycles. The van der Waals surface area contributed by atoms with Crippen LogP contribution in [0.3, 0.4) is 0 Å². The summed E-state index contributed by atoms with van der Waals surface area (Å²) >= 11 is 0. The highest BCUT2D eigenvalue weighted by atomic mass is 16.5. The first-order chi connectivity index (χ1) is 10.7. The Labute approximate surface area is 137 Å². The van der Waals surface area contributed by atoms with Gasteiger partial charge in [-0.3, -0.25) is 0 Å². The number of ether oxygens (including phenoxy) is 1. The molecule has 22 heavy (non-hydrogen) atoms. The maximum atomic E-state index is 6.22. The molecular weight excluding hydrogens is 268 g/mol. The van der Waals surface area contributed by atoms with Gasteiger partial charge in [-0.1, -0.05) is 51.7 Å². The van der Waals surface area contributed by atoms with Gasteiger partial charge in [0.2, 0.25) is 0 Å². The van der Waals surface area contributed by atoms with E-state index >= 15 is 0 Å². The van der Waals surface area contributed by atoms with E-state index in [9.17, 15) is 0 Å². The Morgan fingerprint density at radius 2 is 1.36 bits per heavy atom. The summed E-state index contributed by atoms with van der Waals surface area (Å²) in [6.07, 6.45) is 19.4. The molecule has 2 fully saturated rings. The van der Waals surface area contributed by atoms with Gasteiger partial charge in [0.1, 0.15) is 0 Å². The molecule has 0 heterocycles. The minimum absolute atomic E-state index is 0.415. The highest BCUT2D eigenvalue weighted by Crippen LogP contribution is 2.38. The molecule has 0 aromatic heterocycles. The van der Waals surface area contributed by atoms with Crippen molar-refractivity contribution in [2.75, 3.05) is 6.61 Å². The van der Waals surface area contributed by atoms with Crippen molar-refractivity contribution in [3.05, 3.63) is 12.2 Å². The van der Waals surface area contributed by atoms with Crippen molar-refractivity contribution in [3.8, 4) is 0 Å². The fourth-order valence-corrected chi connectivity index (χ4v) is 4.82. The Hall–Kier alpha value is -0.300. The van der Waals surface area contributed by atoms with Crippen molar-refractivity contribution in [2.45, 2.75) is 84.2 Å². The first kappa shape index (κ1) is 16.6. The predicted octanol–water partition coefficient (Wildman–Crippen LogP) is 5.99. The van der Waals surface area contributed by atoms with Crippen molar-refractivity contribution >= 4 is 0 Å². The molecule has 2 atom stereocenters. The van der Waals surface area contributed by atoms with E-state index in [1.165, 1.54) is 64.2 Å². The summed E-state index contributed by atoms with van der Waals surface area (Å²) in [7, 11) is 0. The van der Waals surface area contributed by atoms with E-state index in [1.807, 2.05) is 0 Å². The average Bonchev–Trinajstić information content (AvgIpc) is 2.56. The van der Waals surface area contributed by atoms with Crippen LogP contribution in [-0.2, 0) is 4.74 Å². The standard InChI is InChI=1S/C21H36O/c1-16-3-7-18(8-4-16)15-22-21-13-11-20(12-14-21)19-9-5-17(2)6-10-19/h11,13,16-21H,3-10,12,14-15H2,1-2H3. The van der Waals surface area contributed by atoms with Gasteiger partial charge in [0.15, 0.2) is 0 Å². The number of hydrogen-bond acceptors (Lipinski definition) is 1. The van der Waals surface area contributed by atoms with E-state index in [0.29, 0.717) is 6.10 Å². The van der Waals surface area contributed by atoms with Crippen LogP contribution in [0.2, 0.25) is 0 Å². The lowest BCUT2D eigenvalue weighted by Gasteiger charge is -2.34. The van der Waals surface area contributed by atoms with Gasteiger partial charge in [-0.15, -0.1) is 0 Å². The first-order valence-corrected chi connectivity index (χ1v) is 10.0. The molecule has 1 nitrogen and oxygen atoms in total. The minimum Gasteiger partial charge on any atom is -0.374 e. The van der Waals surface area contributed by atoms with Crippen molar-refractivity contribution < 1.29 is 4.74 Å². The van der Waals surface area contributed by atoms with E-state index in [-0.39, 0.29) is 0 Å². The molecule has 0 radical (unpaired) electrons.